The van der Waals surface area contributed by atoms with E-state index in [1.165, 1.54) is 0 Å². The SMILES string of the molecule is C=CCOc1cccc(-c2nnc(-c3cccc(Br)c3)o2)c1. The minimum absolute atomic E-state index is 0.455. The molecule has 0 bridgehead atoms. The van der Waals surface area contributed by atoms with Gasteiger partial charge in [-0.15, -0.1) is 10.2 Å². The van der Waals surface area contributed by atoms with Gasteiger partial charge >= 0.3 is 0 Å². The van der Waals surface area contributed by atoms with E-state index in [2.05, 4.69) is 32.7 Å². The first-order valence-corrected chi connectivity index (χ1v) is 7.49. The lowest BCUT2D eigenvalue weighted by atomic mass is 10.2. The molecule has 0 fully saturated rings. The van der Waals surface area contributed by atoms with Crippen molar-refractivity contribution in [2.24, 2.45) is 0 Å². The number of hydrogen-bond acceptors (Lipinski definition) is 4. The molecule has 0 aliphatic carbocycles. The smallest absolute Gasteiger partial charge is 0.248 e. The number of ether oxygens (including phenoxy) is 1. The molecule has 110 valence electrons. The lowest BCUT2D eigenvalue weighted by Gasteiger charge is -2.03. The molecule has 0 unspecified atom stereocenters. The van der Waals surface area contributed by atoms with Crippen LogP contribution in [0.25, 0.3) is 22.9 Å². The Kier molecular flexibility index (Phi) is 4.34. The predicted octanol–water partition coefficient (Wildman–Crippen LogP) is 4.73. The summed E-state index contributed by atoms with van der Waals surface area (Å²) in [5, 5.41) is 8.21. The van der Waals surface area contributed by atoms with Gasteiger partial charge in [0.15, 0.2) is 0 Å². The summed E-state index contributed by atoms with van der Waals surface area (Å²) in [4.78, 5) is 0. The summed E-state index contributed by atoms with van der Waals surface area (Å²) in [6.07, 6.45) is 1.70. The first kappa shape index (κ1) is 14.5. The Balaban J connectivity index is 1.89. The molecule has 0 aliphatic rings. The highest BCUT2D eigenvalue weighted by Crippen LogP contribution is 2.27. The van der Waals surface area contributed by atoms with Crippen LogP contribution in [-0.4, -0.2) is 16.8 Å². The zero-order valence-electron chi connectivity index (χ0n) is 11.7. The fourth-order valence-corrected chi connectivity index (χ4v) is 2.35. The van der Waals surface area contributed by atoms with Gasteiger partial charge in [0.2, 0.25) is 11.8 Å². The van der Waals surface area contributed by atoms with Crippen LogP contribution in [0.2, 0.25) is 0 Å². The van der Waals surface area contributed by atoms with E-state index in [1.54, 1.807) is 6.08 Å². The van der Waals surface area contributed by atoms with Crippen LogP contribution in [0.1, 0.15) is 0 Å². The molecule has 0 atom stereocenters. The van der Waals surface area contributed by atoms with Crippen LogP contribution in [0.5, 0.6) is 5.75 Å². The van der Waals surface area contributed by atoms with Crippen molar-refractivity contribution in [2.45, 2.75) is 0 Å². The fourth-order valence-electron chi connectivity index (χ4n) is 1.95. The summed E-state index contributed by atoms with van der Waals surface area (Å²) in [7, 11) is 0. The number of aromatic nitrogens is 2. The molecule has 0 N–H and O–H groups in total. The maximum absolute atomic E-state index is 5.75. The third kappa shape index (κ3) is 3.26. The lowest BCUT2D eigenvalue weighted by molar-refractivity contribution is 0.363. The van der Waals surface area contributed by atoms with E-state index in [0.29, 0.717) is 18.4 Å². The second-order valence-electron chi connectivity index (χ2n) is 4.55. The number of halogens is 1. The van der Waals surface area contributed by atoms with Gasteiger partial charge in [0, 0.05) is 15.6 Å². The monoisotopic (exact) mass is 356 g/mol. The van der Waals surface area contributed by atoms with E-state index in [1.807, 2.05) is 48.5 Å². The fraction of sp³-hybridized carbons (Fsp3) is 0.0588. The number of hydrogen-bond donors (Lipinski definition) is 0. The van der Waals surface area contributed by atoms with Crippen molar-refractivity contribution in [3.63, 3.8) is 0 Å². The molecule has 0 saturated heterocycles. The van der Waals surface area contributed by atoms with E-state index in [0.717, 1.165) is 21.3 Å². The first-order valence-electron chi connectivity index (χ1n) is 6.70. The molecular formula is C17H13BrN2O2. The molecule has 0 spiro atoms. The van der Waals surface area contributed by atoms with Crippen molar-refractivity contribution >= 4 is 15.9 Å². The molecule has 4 nitrogen and oxygen atoms in total. The highest BCUT2D eigenvalue weighted by atomic mass is 79.9. The molecule has 3 aromatic rings. The topological polar surface area (TPSA) is 48.2 Å². The third-order valence-electron chi connectivity index (χ3n) is 2.95. The number of benzene rings is 2. The molecule has 0 radical (unpaired) electrons. The molecule has 0 amide bonds. The number of rotatable bonds is 5. The standard InChI is InChI=1S/C17H13BrN2O2/c1-2-9-21-15-8-4-6-13(11-15)17-20-19-16(22-17)12-5-3-7-14(18)10-12/h2-8,10-11H,1,9H2. The predicted molar refractivity (Wildman–Crippen MR) is 88.6 cm³/mol. The molecule has 0 saturated carbocycles. The van der Waals surface area contributed by atoms with Crippen LogP contribution in [0.3, 0.4) is 0 Å². The quantitative estimate of drug-likeness (QED) is 0.620. The van der Waals surface area contributed by atoms with Crippen molar-refractivity contribution in [3.8, 4) is 28.7 Å². The van der Waals surface area contributed by atoms with Crippen LogP contribution in [0.15, 0.2) is 70.1 Å². The minimum atomic E-state index is 0.455. The zero-order chi connectivity index (χ0) is 15.4. The highest BCUT2D eigenvalue weighted by Gasteiger charge is 2.11. The maximum atomic E-state index is 5.75. The minimum Gasteiger partial charge on any atom is -0.490 e. The maximum Gasteiger partial charge on any atom is 0.248 e. The molecular weight excluding hydrogens is 344 g/mol. The molecule has 3 rings (SSSR count). The number of nitrogens with zero attached hydrogens (tertiary/aromatic N) is 2. The molecule has 2 aromatic carbocycles. The second-order valence-corrected chi connectivity index (χ2v) is 5.47. The second kappa shape index (κ2) is 6.58. The Bertz CT molecular complexity index is 799. The summed E-state index contributed by atoms with van der Waals surface area (Å²) in [6.45, 7) is 4.09. The van der Waals surface area contributed by atoms with E-state index in [4.69, 9.17) is 9.15 Å². The molecule has 5 heteroatoms. The van der Waals surface area contributed by atoms with Crippen molar-refractivity contribution in [2.75, 3.05) is 6.61 Å². The highest BCUT2D eigenvalue weighted by molar-refractivity contribution is 9.10. The van der Waals surface area contributed by atoms with Gasteiger partial charge in [0.25, 0.3) is 0 Å². The van der Waals surface area contributed by atoms with Gasteiger partial charge in [-0.25, -0.2) is 0 Å². The first-order chi connectivity index (χ1) is 10.8. The van der Waals surface area contributed by atoms with Gasteiger partial charge in [-0.2, -0.15) is 0 Å². The molecule has 22 heavy (non-hydrogen) atoms. The van der Waals surface area contributed by atoms with Gasteiger partial charge in [0.1, 0.15) is 12.4 Å². The van der Waals surface area contributed by atoms with E-state index in [9.17, 15) is 0 Å². The largest absolute Gasteiger partial charge is 0.490 e. The van der Waals surface area contributed by atoms with E-state index < -0.39 is 0 Å². The summed E-state index contributed by atoms with van der Waals surface area (Å²) in [5.41, 5.74) is 1.68. The summed E-state index contributed by atoms with van der Waals surface area (Å²) in [6, 6.07) is 15.2. The van der Waals surface area contributed by atoms with Gasteiger partial charge < -0.3 is 9.15 Å². The Morgan fingerprint density at radius 1 is 1.05 bits per heavy atom. The van der Waals surface area contributed by atoms with Crippen LogP contribution >= 0.6 is 15.9 Å². The van der Waals surface area contributed by atoms with Crippen LogP contribution in [0.4, 0.5) is 0 Å². The van der Waals surface area contributed by atoms with Crippen LogP contribution < -0.4 is 4.74 Å². The normalized spacial score (nSPS) is 10.4. The molecule has 1 aromatic heterocycles. The van der Waals surface area contributed by atoms with Crippen LogP contribution in [-0.2, 0) is 0 Å². The van der Waals surface area contributed by atoms with Crippen LogP contribution in [0, 0.1) is 0 Å². The lowest BCUT2D eigenvalue weighted by Crippen LogP contribution is -1.92. The summed E-state index contributed by atoms with van der Waals surface area (Å²) < 4.78 is 12.2. The van der Waals surface area contributed by atoms with Gasteiger partial charge in [-0.1, -0.05) is 40.7 Å². The zero-order valence-corrected chi connectivity index (χ0v) is 13.3. The van der Waals surface area contributed by atoms with Crippen molar-refractivity contribution < 1.29 is 9.15 Å². The Morgan fingerprint density at radius 2 is 1.73 bits per heavy atom. The molecule has 0 aliphatic heterocycles. The summed E-state index contributed by atoms with van der Waals surface area (Å²) in [5.74, 6) is 1.67. The third-order valence-corrected chi connectivity index (χ3v) is 3.44. The molecule has 1 heterocycles. The summed E-state index contributed by atoms with van der Waals surface area (Å²) >= 11 is 3.43. The van der Waals surface area contributed by atoms with E-state index >= 15 is 0 Å². The van der Waals surface area contributed by atoms with E-state index in [-0.39, 0.29) is 0 Å². The average Bonchev–Trinajstić information content (AvgIpc) is 3.03. The Morgan fingerprint density at radius 3 is 2.41 bits per heavy atom. The van der Waals surface area contributed by atoms with Crippen molar-refractivity contribution in [1.82, 2.24) is 10.2 Å². The van der Waals surface area contributed by atoms with Gasteiger partial charge in [-0.05, 0) is 36.4 Å². The van der Waals surface area contributed by atoms with Crippen molar-refractivity contribution in [1.29, 1.82) is 0 Å². The average molecular weight is 357 g/mol. The Hall–Kier alpha value is -2.40. The Labute approximate surface area is 136 Å². The van der Waals surface area contributed by atoms with Crippen molar-refractivity contribution in [3.05, 3.63) is 65.7 Å². The van der Waals surface area contributed by atoms with Gasteiger partial charge in [-0.3, -0.25) is 0 Å². The van der Waals surface area contributed by atoms with Gasteiger partial charge in [0.05, 0.1) is 0 Å².